The van der Waals surface area contributed by atoms with Gasteiger partial charge in [0.1, 0.15) is 11.5 Å². The molecule has 2 aromatic rings. The first-order valence-electron chi connectivity index (χ1n) is 5.83. The number of hydrogen-bond donors (Lipinski definition) is 1. The minimum absolute atomic E-state index is 0.537. The predicted molar refractivity (Wildman–Crippen MR) is 77.2 cm³/mol. The van der Waals surface area contributed by atoms with Crippen molar-refractivity contribution in [3.63, 3.8) is 0 Å². The van der Waals surface area contributed by atoms with Crippen LogP contribution in [0.15, 0.2) is 54.6 Å². The third-order valence-electron chi connectivity index (χ3n) is 2.45. The quantitative estimate of drug-likeness (QED) is 0.839. The van der Waals surface area contributed by atoms with Gasteiger partial charge in [0.2, 0.25) is 0 Å². The number of ether oxygens (including phenoxy) is 1. The fraction of sp³-hybridized carbons (Fsp3) is 0.143. The zero-order chi connectivity index (χ0) is 13.7. The molecule has 0 radical (unpaired) electrons. The van der Waals surface area contributed by atoms with Crippen LogP contribution < -0.4 is 14.3 Å². The minimum atomic E-state index is -2.95. The zero-order valence-corrected chi connectivity index (χ0v) is 11.8. The first kappa shape index (κ1) is 13.5. The summed E-state index contributed by atoms with van der Waals surface area (Å²) in [5.74, 6) is 1.27. The predicted octanol–water partition coefficient (Wildman–Crippen LogP) is 4.01. The molecule has 5 heteroatoms. The van der Waals surface area contributed by atoms with Crippen molar-refractivity contribution in [3.8, 4) is 11.5 Å². The van der Waals surface area contributed by atoms with Crippen LogP contribution in [0.25, 0.3) is 0 Å². The van der Waals surface area contributed by atoms with E-state index in [1.807, 2.05) is 30.3 Å². The monoisotopic (exact) mass is 277 g/mol. The Morgan fingerprint density at radius 3 is 2.11 bits per heavy atom. The topological polar surface area (TPSA) is 47.6 Å². The van der Waals surface area contributed by atoms with Gasteiger partial charge in [-0.25, -0.2) is 0 Å². The summed E-state index contributed by atoms with van der Waals surface area (Å²) < 4.78 is 22.9. The number of methoxy groups -OCH3 is 1. The fourth-order valence-electron chi connectivity index (χ4n) is 1.61. The Labute approximate surface area is 112 Å². The maximum absolute atomic E-state index is 12.3. The number of hydrogen-bond acceptors (Lipinski definition) is 3. The lowest BCUT2D eigenvalue weighted by Gasteiger charge is -2.17. The van der Waals surface area contributed by atoms with E-state index >= 15 is 0 Å². The Morgan fingerprint density at radius 1 is 0.947 bits per heavy atom. The summed E-state index contributed by atoms with van der Waals surface area (Å²) >= 11 is 0. The van der Waals surface area contributed by atoms with Crippen LogP contribution >= 0.6 is 7.52 Å². The van der Waals surface area contributed by atoms with Gasteiger partial charge in [-0.3, -0.25) is 4.57 Å². The van der Waals surface area contributed by atoms with Crippen molar-refractivity contribution in [1.82, 2.24) is 0 Å². The summed E-state index contributed by atoms with van der Waals surface area (Å²) in [5, 5.41) is 2.90. The van der Waals surface area contributed by atoms with Crippen molar-refractivity contribution in [2.24, 2.45) is 0 Å². The van der Waals surface area contributed by atoms with Crippen molar-refractivity contribution in [2.45, 2.75) is 0 Å². The molecule has 0 bridgehead atoms. The van der Waals surface area contributed by atoms with Crippen LogP contribution in [-0.4, -0.2) is 13.8 Å². The van der Waals surface area contributed by atoms with E-state index in [-0.39, 0.29) is 0 Å². The largest absolute Gasteiger partial charge is 0.497 e. The van der Waals surface area contributed by atoms with Crippen molar-refractivity contribution in [3.05, 3.63) is 54.6 Å². The van der Waals surface area contributed by atoms with Gasteiger partial charge >= 0.3 is 7.52 Å². The Hall–Kier alpha value is -1.93. The molecule has 0 aliphatic heterocycles. The van der Waals surface area contributed by atoms with E-state index < -0.39 is 7.52 Å². The molecule has 0 aliphatic carbocycles. The summed E-state index contributed by atoms with van der Waals surface area (Å²) in [4.78, 5) is 0. The molecule has 0 spiro atoms. The number of nitrogens with one attached hydrogen (secondary N) is 1. The molecular weight excluding hydrogens is 261 g/mol. The normalized spacial score (nSPS) is 13.4. The molecule has 0 saturated heterocycles. The third kappa shape index (κ3) is 4.04. The number of para-hydroxylation sites is 1. The molecule has 0 fully saturated rings. The third-order valence-corrected chi connectivity index (χ3v) is 3.67. The molecular formula is C14H16NO3P. The number of rotatable bonds is 5. The van der Waals surface area contributed by atoms with E-state index in [1.54, 1.807) is 38.0 Å². The van der Waals surface area contributed by atoms with Crippen LogP contribution in [0, 0.1) is 0 Å². The van der Waals surface area contributed by atoms with E-state index in [4.69, 9.17) is 9.26 Å². The maximum Gasteiger partial charge on any atom is 0.338 e. The highest BCUT2D eigenvalue weighted by Crippen LogP contribution is 2.43. The minimum Gasteiger partial charge on any atom is -0.497 e. The van der Waals surface area contributed by atoms with Crippen LogP contribution in [0.3, 0.4) is 0 Å². The molecule has 0 heterocycles. The second kappa shape index (κ2) is 5.81. The Balaban J connectivity index is 2.06. The second-order valence-electron chi connectivity index (χ2n) is 4.09. The SMILES string of the molecule is COc1ccc(O[P@](C)(=O)Nc2ccccc2)cc1. The standard InChI is InChI=1S/C14H16NO3P/c1-17-13-8-10-14(11-9-13)18-19(2,16)15-12-6-4-3-5-7-12/h3-11H,1-2H3,(H,15,16)/t19-/m0/s1. The van der Waals surface area contributed by atoms with Gasteiger partial charge in [-0.1, -0.05) is 18.2 Å². The molecule has 0 saturated carbocycles. The molecule has 0 aliphatic rings. The second-order valence-corrected chi connectivity index (χ2v) is 6.19. The van der Waals surface area contributed by atoms with Crippen LogP contribution in [0.2, 0.25) is 0 Å². The molecule has 100 valence electrons. The van der Waals surface area contributed by atoms with E-state index in [0.717, 1.165) is 11.4 Å². The molecule has 4 nitrogen and oxygen atoms in total. The zero-order valence-electron chi connectivity index (χ0n) is 10.9. The van der Waals surface area contributed by atoms with E-state index in [0.29, 0.717) is 5.75 Å². The lowest BCUT2D eigenvalue weighted by atomic mass is 10.3. The smallest absolute Gasteiger partial charge is 0.338 e. The van der Waals surface area contributed by atoms with Crippen molar-refractivity contribution in [1.29, 1.82) is 0 Å². The molecule has 1 N–H and O–H groups in total. The molecule has 0 aromatic heterocycles. The van der Waals surface area contributed by atoms with E-state index in [1.165, 1.54) is 0 Å². The van der Waals surface area contributed by atoms with Crippen LogP contribution in [-0.2, 0) is 4.57 Å². The summed E-state index contributed by atoms with van der Waals surface area (Å²) in [7, 11) is -1.36. The molecule has 2 aromatic carbocycles. The lowest BCUT2D eigenvalue weighted by molar-refractivity contribution is 0.413. The number of benzene rings is 2. The van der Waals surface area contributed by atoms with Gasteiger partial charge in [0, 0.05) is 12.4 Å². The van der Waals surface area contributed by atoms with Gasteiger partial charge < -0.3 is 14.3 Å². The van der Waals surface area contributed by atoms with Crippen LogP contribution in [0.5, 0.6) is 11.5 Å². The molecule has 19 heavy (non-hydrogen) atoms. The first-order chi connectivity index (χ1) is 9.09. The van der Waals surface area contributed by atoms with Gasteiger partial charge in [-0.15, -0.1) is 0 Å². The Morgan fingerprint density at radius 2 is 1.53 bits per heavy atom. The average Bonchev–Trinajstić information content (AvgIpc) is 2.39. The van der Waals surface area contributed by atoms with Crippen molar-refractivity contribution >= 4 is 13.2 Å². The van der Waals surface area contributed by atoms with Crippen molar-refractivity contribution in [2.75, 3.05) is 18.9 Å². The van der Waals surface area contributed by atoms with Gasteiger partial charge in [-0.2, -0.15) is 0 Å². The summed E-state index contributed by atoms with van der Waals surface area (Å²) in [6.45, 7) is 1.55. The fourth-order valence-corrected chi connectivity index (χ4v) is 2.80. The first-order valence-corrected chi connectivity index (χ1v) is 7.91. The Bertz CT molecular complexity index is 569. The van der Waals surface area contributed by atoms with Crippen molar-refractivity contribution < 1.29 is 13.8 Å². The number of anilines is 1. The van der Waals surface area contributed by atoms with Crippen LogP contribution in [0.4, 0.5) is 5.69 Å². The summed E-state index contributed by atoms with van der Waals surface area (Å²) in [5.41, 5.74) is 0.766. The molecule has 2 rings (SSSR count). The summed E-state index contributed by atoms with van der Waals surface area (Å²) in [6, 6.07) is 16.3. The summed E-state index contributed by atoms with van der Waals surface area (Å²) in [6.07, 6.45) is 0. The van der Waals surface area contributed by atoms with Gasteiger partial charge in [0.25, 0.3) is 0 Å². The Kier molecular flexibility index (Phi) is 4.13. The highest BCUT2D eigenvalue weighted by molar-refractivity contribution is 7.60. The lowest BCUT2D eigenvalue weighted by Crippen LogP contribution is -2.02. The van der Waals surface area contributed by atoms with Gasteiger partial charge in [0.05, 0.1) is 7.11 Å². The van der Waals surface area contributed by atoms with Crippen LogP contribution in [0.1, 0.15) is 0 Å². The maximum atomic E-state index is 12.3. The average molecular weight is 277 g/mol. The molecule has 1 atom stereocenters. The van der Waals surface area contributed by atoms with E-state index in [2.05, 4.69) is 5.09 Å². The molecule has 0 amide bonds. The van der Waals surface area contributed by atoms with Gasteiger partial charge in [0.15, 0.2) is 0 Å². The van der Waals surface area contributed by atoms with Gasteiger partial charge in [-0.05, 0) is 36.4 Å². The molecule has 0 unspecified atom stereocenters. The van der Waals surface area contributed by atoms with E-state index in [9.17, 15) is 4.57 Å². The highest BCUT2D eigenvalue weighted by Gasteiger charge is 2.17. The highest BCUT2D eigenvalue weighted by atomic mass is 31.2.